The van der Waals surface area contributed by atoms with E-state index < -0.39 is 0 Å². The summed E-state index contributed by atoms with van der Waals surface area (Å²) in [6.45, 7) is 0.763. The number of furan rings is 1. The number of para-hydroxylation sites is 1. The average Bonchev–Trinajstić information content (AvgIpc) is 2.62. The van der Waals surface area contributed by atoms with Crippen LogP contribution in [-0.2, 0) is 0 Å². The Labute approximate surface area is 68.8 Å². The molecule has 0 radical (unpaired) electrons. The number of hydrogen-bond donors (Lipinski definition) is 0. The van der Waals surface area contributed by atoms with Crippen molar-refractivity contribution in [3.63, 3.8) is 0 Å². The van der Waals surface area contributed by atoms with Gasteiger partial charge in [0.05, 0.1) is 6.54 Å². The van der Waals surface area contributed by atoms with Crippen LogP contribution in [0.3, 0.4) is 0 Å². The van der Waals surface area contributed by atoms with Crippen LogP contribution in [0.2, 0.25) is 0 Å². The molecule has 3 rings (SSSR count). The highest BCUT2D eigenvalue weighted by Gasteiger charge is 2.04. The van der Waals surface area contributed by atoms with Crippen LogP contribution in [0.5, 0.6) is 0 Å². The number of nitrogens with zero attached hydrogens (tertiary/aromatic N) is 1. The van der Waals surface area contributed by atoms with Crippen molar-refractivity contribution in [3.05, 3.63) is 35.0 Å². The highest BCUT2D eigenvalue weighted by Crippen LogP contribution is 2.07. The van der Waals surface area contributed by atoms with E-state index in [1.807, 2.05) is 18.2 Å². The molecule has 1 aromatic carbocycles. The topological polar surface area (TPSA) is 25.5 Å². The average molecular weight is 157 g/mol. The van der Waals surface area contributed by atoms with Crippen molar-refractivity contribution < 1.29 is 4.42 Å². The third kappa shape index (κ3) is 0.619. The highest BCUT2D eigenvalue weighted by atomic mass is 16.3. The fourth-order valence-electron chi connectivity index (χ4n) is 1.59. The molecule has 0 bridgehead atoms. The zero-order chi connectivity index (χ0) is 7.97. The van der Waals surface area contributed by atoms with Crippen LogP contribution in [0.15, 0.2) is 33.7 Å². The lowest BCUT2D eigenvalue weighted by molar-refractivity contribution is 0.552. The van der Waals surface area contributed by atoms with Crippen LogP contribution in [0.25, 0.3) is 17.0 Å². The van der Waals surface area contributed by atoms with Gasteiger partial charge in [-0.3, -0.25) is 0 Å². The Bertz CT molecular complexity index is 551. The van der Waals surface area contributed by atoms with Crippen LogP contribution >= 0.6 is 0 Å². The molecule has 2 aromatic rings. The van der Waals surface area contributed by atoms with E-state index in [4.69, 9.17) is 4.42 Å². The van der Waals surface area contributed by atoms with Gasteiger partial charge in [0, 0.05) is 10.6 Å². The first-order valence-electron chi connectivity index (χ1n) is 3.97. The van der Waals surface area contributed by atoms with Gasteiger partial charge in [0.15, 0.2) is 0 Å². The third-order valence-corrected chi connectivity index (χ3v) is 2.14. The maximum absolute atomic E-state index is 5.51. The van der Waals surface area contributed by atoms with Crippen LogP contribution in [0, 0.1) is 0 Å². The van der Waals surface area contributed by atoms with Crippen LogP contribution in [-0.4, -0.2) is 6.54 Å². The Morgan fingerprint density at radius 2 is 2.17 bits per heavy atom. The van der Waals surface area contributed by atoms with Gasteiger partial charge in [0.2, 0.25) is 5.55 Å². The van der Waals surface area contributed by atoms with Crippen molar-refractivity contribution in [2.45, 2.75) is 0 Å². The van der Waals surface area contributed by atoms with E-state index in [1.165, 1.54) is 5.39 Å². The summed E-state index contributed by atoms with van der Waals surface area (Å²) in [6, 6.07) is 8.03. The number of rotatable bonds is 0. The lowest BCUT2D eigenvalue weighted by Gasteiger charge is -1.83. The maximum Gasteiger partial charge on any atom is 0.222 e. The molecular weight excluding hydrogens is 150 g/mol. The van der Waals surface area contributed by atoms with Gasteiger partial charge in [0.25, 0.3) is 0 Å². The van der Waals surface area contributed by atoms with Gasteiger partial charge in [-0.1, -0.05) is 18.2 Å². The van der Waals surface area contributed by atoms with Gasteiger partial charge >= 0.3 is 0 Å². The summed E-state index contributed by atoms with van der Waals surface area (Å²) in [7, 11) is 0. The Morgan fingerprint density at radius 3 is 3.17 bits per heavy atom. The zero-order valence-corrected chi connectivity index (χ0v) is 6.45. The number of fused-ring (bicyclic) bond motifs is 3. The van der Waals surface area contributed by atoms with E-state index >= 15 is 0 Å². The molecule has 0 saturated carbocycles. The second-order valence-electron chi connectivity index (χ2n) is 2.86. The largest absolute Gasteiger partial charge is 0.438 e. The molecule has 2 heteroatoms. The SMILES string of the molecule is C1=c2c(oc3ccccc23)=NC1. The second kappa shape index (κ2) is 1.97. The number of hydrogen-bond acceptors (Lipinski definition) is 2. The summed E-state index contributed by atoms with van der Waals surface area (Å²) < 4.78 is 5.51. The minimum absolute atomic E-state index is 0.763. The predicted molar refractivity (Wildman–Crippen MR) is 46.3 cm³/mol. The molecule has 0 N–H and O–H groups in total. The molecule has 0 atom stereocenters. The molecule has 1 aromatic heterocycles. The fraction of sp³-hybridized carbons (Fsp3) is 0.100. The van der Waals surface area contributed by atoms with Gasteiger partial charge in [-0.25, -0.2) is 4.99 Å². The summed E-state index contributed by atoms with van der Waals surface area (Å²) in [6.07, 6.45) is 2.10. The van der Waals surface area contributed by atoms with E-state index in [2.05, 4.69) is 17.1 Å². The van der Waals surface area contributed by atoms with Crippen molar-refractivity contribution in [3.8, 4) is 0 Å². The molecule has 0 unspecified atom stereocenters. The smallest absolute Gasteiger partial charge is 0.222 e. The normalized spacial score (nSPS) is 14.0. The van der Waals surface area contributed by atoms with E-state index in [0.717, 1.165) is 22.9 Å². The Kier molecular flexibility index (Phi) is 0.987. The third-order valence-electron chi connectivity index (χ3n) is 2.14. The Balaban J connectivity index is 2.71. The van der Waals surface area contributed by atoms with Crippen LogP contribution in [0.4, 0.5) is 0 Å². The molecule has 2 nitrogen and oxygen atoms in total. The molecule has 0 fully saturated rings. The minimum atomic E-state index is 0.763. The lowest BCUT2D eigenvalue weighted by Crippen LogP contribution is -2.15. The van der Waals surface area contributed by atoms with E-state index in [0.29, 0.717) is 0 Å². The molecule has 1 aliphatic rings. The van der Waals surface area contributed by atoms with E-state index in [1.54, 1.807) is 0 Å². The number of benzene rings is 1. The molecule has 0 amide bonds. The molecule has 0 spiro atoms. The predicted octanol–water partition coefficient (Wildman–Crippen LogP) is 0.847. The fourth-order valence-corrected chi connectivity index (χ4v) is 1.59. The summed E-state index contributed by atoms with van der Waals surface area (Å²) >= 11 is 0. The monoisotopic (exact) mass is 157 g/mol. The molecule has 0 saturated heterocycles. The first-order valence-corrected chi connectivity index (χ1v) is 3.97. The molecule has 0 aliphatic carbocycles. The van der Waals surface area contributed by atoms with Gasteiger partial charge in [0.1, 0.15) is 5.58 Å². The van der Waals surface area contributed by atoms with Crippen molar-refractivity contribution in [1.29, 1.82) is 0 Å². The summed E-state index contributed by atoms with van der Waals surface area (Å²) in [5.41, 5.74) is 1.72. The molecule has 1 aliphatic heterocycles. The summed E-state index contributed by atoms with van der Waals surface area (Å²) in [5.74, 6) is 0. The van der Waals surface area contributed by atoms with E-state index in [-0.39, 0.29) is 0 Å². The molecule has 12 heavy (non-hydrogen) atoms. The Morgan fingerprint density at radius 1 is 1.25 bits per heavy atom. The van der Waals surface area contributed by atoms with Crippen LogP contribution in [0.1, 0.15) is 0 Å². The van der Waals surface area contributed by atoms with Gasteiger partial charge in [-0.15, -0.1) is 0 Å². The lowest BCUT2D eigenvalue weighted by atomic mass is 10.2. The first kappa shape index (κ1) is 6.00. The molecular formula is C10H7NO. The van der Waals surface area contributed by atoms with Crippen molar-refractivity contribution in [1.82, 2.24) is 0 Å². The first-order chi connectivity index (χ1) is 5.95. The van der Waals surface area contributed by atoms with Crippen molar-refractivity contribution in [2.75, 3.05) is 6.54 Å². The second-order valence-corrected chi connectivity index (χ2v) is 2.86. The molecule has 58 valence electrons. The van der Waals surface area contributed by atoms with Crippen molar-refractivity contribution in [2.24, 2.45) is 4.99 Å². The van der Waals surface area contributed by atoms with E-state index in [9.17, 15) is 0 Å². The highest BCUT2D eigenvalue weighted by molar-refractivity contribution is 5.78. The quantitative estimate of drug-likeness (QED) is 0.556. The van der Waals surface area contributed by atoms with Crippen LogP contribution < -0.4 is 10.8 Å². The van der Waals surface area contributed by atoms with Crippen molar-refractivity contribution >= 4 is 17.0 Å². The van der Waals surface area contributed by atoms with Gasteiger partial charge in [-0.05, 0) is 12.1 Å². The standard InChI is InChI=1S/C10H7NO/c1-2-4-9-7(3-1)8-5-6-11-10(8)12-9/h1-5H,6H2. The zero-order valence-electron chi connectivity index (χ0n) is 6.45. The van der Waals surface area contributed by atoms with Gasteiger partial charge < -0.3 is 4.42 Å². The minimum Gasteiger partial charge on any atom is -0.438 e. The summed E-state index contributed by atoms with van der Waals surface area (Å²) in [4.78, 5) is 4.21. The van der Waals surface area contributed by atoms with Gasteiger partial charge in [-0.2, -0.15) is 0 Å². The maximum atomic E-state index is 5.51. The molecule has 2 heterocycles. The Hall–Kier alpha value is -1.57. The summed E-state index contributed by atoms with van der Waals surface area (Å²) in [5, 5.41) is 2.33.